The first-order chi connectivity index (χ1) is 8.16. The molecule has 1 aliphatic rings. The molecule has 2 aromatic rings. The molecule has 5 nitrogen and oxygen atoms in total. The molecule has 0 aliphatic carbocycles. The van der Waals surface area contributed by atoms with Crippen molar-refractivity contribution in [2.45, 2.75) is 13.0 Å². The third kappa shape index (κ3) is 1.39. The van der Waals surface area contributed by atoms with Gasteiger partial charge in [0.2, 0.25) is 0 Å². The Morgan fingerprint density at radius 1 is 1.29 bits per heavy atom. The summed E-state index contributed by atoms with van der Waals surface area (Å²) in [6.45, 7) is 1.89. The molecular weight excluding hydrogens is 218 g/mol. The van der Waals surface area contributed by atoms with E-state index in [9.17, 15) is 9.90 Å². The van der Waals surface area contributed by atoms with Gasteiger partial charge in [-0.1, -0.05) is 12.1 Å². The highest BCUT2D eigenvalue weighted by molar-refractivity contribution is 5.98. The minimum absolute atomic E-state index is 0.164. The number of nitrogens with one attached hydrogen (secondary N) is 2. The van der Waals surface area contributed by atoms with Gasteiger partial charge in [0.25, 0.3) is 5.91 Å². The maximum Gasteiger partial charge on any atom is 0.272 e. The second kappa shape index (κ2) is 3.35. The zero-order valence-electron chi connectivity index (χ0n) is 9.19. The van der Waals surface area contributed by atoms with E-state index in [1.54, 1.807) is 24.3 Å². The smallest absolute Gasteiger partial charge is 0.272 e. The molecule has 0 fully saturated rings. The summed E-state index contributed by atoms with van der Waals surface area (Å²) in [5.74, 6) is 0.0460. The first-order valence-corrected chi connectivity index (χ1v) is 5.31. The number of phenolic OH excluding ortho intramolecular Hbond substituents is 1. The van der Waals surface area contributed by atoms with Gasteiger partial charge >= 0.3 is 0 Å². The van der Waals surface area contributed by atoms with Crippen LogP contribution in [-0.2, 0) is 0 Å². The largest absolute Gasteiger partial charge is 0.508 e. The first kappa shape index (κ1) is 9.89. The monoisotopic (exact) mass is 229 g/mol. The summed E-state index contributed by atoms with van der Waals surface area (Å²) in [5, 5.41) is 18.9. The van der Waals surface area contributed by atoms with Gasteiger partial charge in [0.1, 0.15) is 5.75 Å². The molecular formula is C12H11N3O2. The van der Waals surface area contributed by atoms with Crippen LogP contribution in [0, 0.1) is 6.92 Å². The molecule has 1 aromatic heterocycles. The van der Waals surface area contributed by atoms with E-state index in [1.165, 1.54) is 0 Å². The number of hydrogen-bond donors (Lipinski definition) is 3. The van der Waals surface area contributed by atoms with Gasteiger partial charge in [-0.25, -0.2) is 0 Å². The molecule has 0 bridgehead atoms. The summed E-state index contributed by atoms with van der Waals surface area (Å²) in [4.78, 5) is 11.7. The van der Waals surface area contributed by atoms with Gasteiger partial charge in [-0.05, 0) is 24.6 Å². The number of phenols is 1. The Bertz CT molecular complexity index is 586. The van der Waals surface area contributed by atoms with Gasteiger partial charge < -0.3 is 10.4 Å². The van der Waals surface area contributed by atoms with Crippen molar-refractivity contribution in [3.8, 4) is 5.75 Å². The summed E-state index contributed by atoms with van der Waals surface area (Å²) in [7, 11) is 0. The van der Waals surface area contributed by atoms with Crippen molar-refractivity contribution in [2.24, 2.45) is 0 Å². The Kier molecular flexibility index (Phi) is 1.95. The third-order valence-corrected chi connectivity index (χ3v) is 3.00. The maximum absolute atomic E-state index is 11.7. The van der Waals surface area contributed by atoms with Crippen molar-refractivity contribution in [3.05, 3.63) is 46.8 Å². The number of rotatable bonds is 1. The lowest BCUT2D eigenvalue weighted by Crippen LogP contribution is -2.21. The van der Waals surface area contributed by atoms with Crippen molar-refractivity contribution in [2.75, 3.05) is 0 Å². The van der Waals surface area contributed by atoms with E-state index in [2.05, 4.69) is 15.5 Å². The van der Waals surface area contributed by atoms with Gasteiger partial charge in [-0.3, -0.25) is 9.89 Å². The highest BCUT2D eigenvalue weighted by Gasteiger charge is 2.33. The summed E-state index contributed by atoms with van der Waals surface area (Å²) in [6, 6.07) is 6.62. The fourth-order valence-electron chi connectivity index (χ4n) is 2.15. The van der Waals surface area contributed by atoms with E-state index in [4.69, 9.17) is 0 Å². The SMILES string of the molecule is Cc1[nH]nc2c1C(c1ccc(O)cc1)NC2=O. The second-order valence-electron chi connectivity index (χ2n) is 4.11. The van der Waals surface area contributed by atoms with Crippen LogP contribution >= 0.6 is 0 Å². The number of aromatic nitrogens is 2. The number of aryl methyl sites for hydroxylation is 1. The van der Waals surface area contributed by atoms with E-state index in [0.717, 1.165) is 16.8 Å². The Labute approximate surface area is 97.5 Å². The highest BCUT2D eigenvalue weighted by Crippen LogP contribution is 2.32. The molecule has 0 spiro atoms. The van der Waals surface area contributed by atoms with Crippen molar-refractivity contribution in [3.63, 3.8) is 0 Å². The van der Waals surface area contributed by atoms with Gasteiger partial charge in [0, 0.05) is 11.3 Å². The van der Waals surface area contributed by atoms with Crippen molar-refractivity contribution >= 4 is 5.91 Å². The summed E-state index contributed by atoms with van der Waals surface area (Å²) < 4.78 is 0. The number of fused-ring (bicyclic) bond motifs is 1. The Morgan fingerprint density at radius 2 is 2.00 bits per heavy atom. The molecule has 3 N–H and O–H groups in total. The number of amides is 1. The van der Waals surface area contributed by atoms with Crippen LogP contribution in [0.5, 0.6) is 5.75 Å². The Morgan fingerprint density at radius 3 is 2.71 bits per heavy atom. The Hall–Kier alpha value is -2.30. The average molecular weight is 229 g/mol. The maximum atomic E-state index is 11.7. The molecule has 1 aliphatic heterocycles. The lowest BCUT2D eigenvalue weighted by molar-refractivity contribution is 0.0955. The lowest BCUT2D eigenvalue weighted by Gasteiger charge is -2.12. The van der Waals surface area contributed by atoms with Crippen LogP contribution in [-0.4, -0.2) is 21.2 Å². The lowest BCUT2D eigenvalue weighted by atomic mass is 10.0. The average Bonchev–Trinajstić information content (AvgIpc) is 2.83. The van der Waals surface area contributed by atoms with Crippen LogP contribution in [0.25, 0.3) is 0 Å². The van der Waals surface area contributed by atoms with Gasteiger partial charge in [0.15, 0.2) is 5.69 Å². The third-order valence-electron chi connectivity index (χ3n) is 3.00. The molecule has 3 rings (SSSR count). The predicted molar refractivity (Wildman–Crippen MR) is 60.7 cm³/mol. The van der Waals surface area contributed by atoms with E-state index >= 15 is 0 Å². The quantitative estimate of drug-likeness (QED) is 0.688. The zero-order valence-corrected chi connectivity index (χ0v) is 9.19. The molecule has 17 heavy (non-hydrogen) atoms. The molecule has 1 amide bonds. The fraction of sp³-hybridized carbons (Fsp3) is 0.167. The molecule has 1 atom stereocenters. The number of hydrogen-bond acceptors (Lipinski definition) is 3. The molecule has 1 unspecified atom stereocenters. The minimum Gasteiger partial charge on any atom is -0.508 e. The van der Waals surface area contributed by atoms with Crippen LogP contribution < -0.4 is 5.32 Å². The molecule has 0 saturated heterocycles. The van der Waals surface area contributed by atoms with Crippen LogP contribution in [0.3, 0.4) is 0 Å². The standard InChI is InChI=1S/C12H11N3O2/c1-6-9-10(7-2-4-8(16)5-3-7)13-12(17)11(9)15-14-6/h2-5,10,16H,1H3,(H,13,17)(H,14,15). The van der Waals surface area contributed by atoms with Gasteiger partial charge in [-0.2, -0.15) is 5.10 Å². The highest BCUT2D eigenvalue weighted by atomic mass is 16.3. The molecule has 0 radical (unpaired) electrons. The molecule has 0 saturated carbocycles. The number of benzene rings is 1. The number of carbonyl (C=O) groups is 1. The van der Waals surface area contributed by atoms with Crippen molar-refractivity contribution in [1.29, 1.82) is 0 Å². The van der Waals surface area contributed by atoms with E-state index in [-0.39, 0.29) is 17.7 Å². The predicted octanol–water partition coefficient (Wildman–Crippen LogP) is 1.26. The number of H-pyrrole nitrogens is 1. The number of aromatic hydroxyl groups is 1. The molecule has 2 heterocycles. The Balaban J connectivity index is 2.09. The summed E-state index contributed by atoms with van der Waals surface area (Å²) in [6.07, 6.45) is 0. The molecule has 86 valence electrons. The number of nitrogens with zero attached hydrogens (tertiary/aromatic N) is 1. The second-order valence-corrected chi connectivity index (χ2v) is 4.11. The van der Waals surface area contributed by atoms with Crippen LogP contribution in [0.2, 0.25) is 0 Å². The van der Waals surface area contributed by atoms with Crippen molar-refractivity contribution < 1.29 is 9.90 Å². The molecule has 1 aromatic carbocycles. The van der Waals surface area contributed by atoms with E-state index in [1.807, 2.05) is 6.92 Å². The minimum atomic E-state index is -0.183. The molecule has 5 heteroatoms. The number of aromatic amines is 1. The summed E-state index contributed by atoms with van der Waals surface area (Å²) >= 11 is 0. The normalized spacial score (nSPS) is 17.9. The van der Waals surface area contributed by atoms with Crippen molar-refractivity contribution in [1.82, 2.24) is 15.5 Å². The summed E-state index contributed by atoms with van der Waals surface area (Å²) in [5.41, 5.74) is 3.16. The zero-order chi connectivity index (χ0) is 12.0. The first-order valence-electron chi connectivity index (χ1n) is 5.31. The van der Waals surface area contributed by atoms with Crippen LogP contribution in [0.1, 0.15) is 33.4 Å². The van der Waals surface area contributed by atoms with Gasteiger partial charge in [0.05, 0.1) is 6.04 Å². The van der Waals surface area contributed by atoms with Crippen LogP contribution in [0.4, 0.5) is 0 Å². The van der Waals surface area contributed by atoms with E-state index in [0.29, 0.717) is 5.69 Å². The topological polar surface area (TPSA) is 78.0 Å². The van der Waals surface area contributed by atoms with E-state index < -0.39 is 0 Å². The fourth-order valence-corrected chi connectivity index (χ4v) is 2.15. The van der Waals surface area contributed by atoms with Gasteiger partial charge in [-0.15, -0.1) is 0 Å². The number of carbonyl (C=O) groups excluding carboxylic acids is 1. The van der Waals surface area contributed by atoms with Crippen LogP contribution in [0.15, 0.2) is 24.3 Å².